The summed E-state index contributed by atoms with van der Waals surface area (Å²) in [6.45, 7) is 0. The Bertz CT molecular complexity index is 11300. The zero-order valence-corrected chi connectivity index (χ0v) is 79.5. The Morgan fingerprint density at radius 2 is 0.597 bits per heavy atom. The standard InChI is InChI=1S/C36H20N2O2.C34H18N2O2.C32H16N2O2S.C30H16N2O2/c1-2-9-21(10-3-1)22-11-6-12-23(19-22)35-36(38-27-15-5-4-14-26(27)37-35)25-20-31-34-32-24(25)13-7-16-28(32)39-29-17-8-18-30(40-31)33(29)34;1-2-8-21(9-3-1)31-23-15-13-19-7-4-5-11-22(19)32(23)36-34(35-31)24-16-18-27-30-29-26(38-33(24)30)17-14-20-10-6-12-25(37-27)28(20)29;1-2-8-17(9-3-1)28-31-29(19-11-4-5-15-24(19)37-31)34-32(33-28)20-16-18-10-6-12-21-25(18)27-26-22(35-21)13-7-14-23(26)36-30(20)27;1-2-7-18(8-3-1)29-30(32-21-11-5-4-10-20(21)31-29)19-15-24-27-25(16-19)34-23-14-13-17-9-6-12-22(33-24)26(17)28(23)27/h1-20H;1-18H;1-16H;1-16H. The number of hydrogen-bond acceptors (Lipinski definition) is 17. The monoisotopic (exact) mass is 1930 g/mol. The van der Waals surface area contributed by atoms with E-state index < -0.39 is 0 Å². The zero-order chi connectivity index (χ0) is 97.3. The first kappa shape index (κ1) is 82.4. The van der Waals surface area contributed by atoms with Crippen molar-refractivity contribution in [3.05, 3.63) is 425 Å². The van der Waals surface area contributed by atoms with Gasteiger partial charge in [0.1, 0.15) is 90.7 Å². The van der Waals surface area contributed by atoms with Gasteiger partial charge in [0.2, 0.25) is 0 Å². The van der Waals surface area contributed by atoms with E-state index in [1.165, 1.54) is 4.70 Å². The molecule has 31 aromatic rings. The van der Waals surface area contributed by atoms with E-state index >= 15 is 0 Å². The lowest BCUT2D eigenvalue weighted by molar-refractivity contribution is 0.492. The summed E-state index contributed by atoms with van der Waals surface area (Å²) in [6, 6.07) is 144. The first-order chi connectivity index (χ1) is 73.8. The molecule has 0 saturated heterocycles. The molecule has 22 aromatic carbocycles. The smallest absolute Gasteiger partial charge is 0.164 e. The van der Waals surface area contributed by atoms with Crippen LogP contribution in [-0.4, -0.2) is 39.9 Å². The predicted molar refractivity (Wildman–Crippen MR) is 599 cm³/mol. The van der Waals surface area contributed by atoms with E-state index in [1.54, 1.807) is 11.3 Å². The second-order valence-corrected chi connectivity index (χ2v) is 38.9. The molecule has 0 N–H and O–H groups in total. The van der Waals surface area contributed by atoms with E-state index in [0.717, 1.165) is 326 Å². The van der Waals surface area contributed by atoms with E-state index in [2.05, 4.69) is 218 Å². The summed E-state index contributed by atoms with van der Waals surface area (Å²) in [4.78, 5) is 41.2. The quantitative estimate of drug-likeness (QED) is 0.124. The molecule has 4 aliphatic rings. The number of nitrogens with zero attached hydrogens (tertiary/aromatic N) is 8. The second-order valence-electron chi connectivity index (χ2n) is 37.9. The van der Waals surface area contributed by atoms with Crippen LogP contribution in [-0.2, 0) is 0 Å². The summed E-state index contributed by atoms with van der Waals surface area (Å²) in [5.74, 6) is 7.90. The van der Waals surface area contributed by atoms with Crippen LogP contribution in [0.5, 0.6) is 46.0 Å². The van der Waals surface area contributed by atoms with Gasteiger partial charge in [-0.25, -0.2) is 39.9 Å². The van der Waals surface area contributed by atoms with Gasteiger partial charge < -0.3 is 36.6 Å². The molecule has 0 bridgehead atoms. The number of rotatable bonds is 9. The number of fused-ring (bicyclic) bond motifs is 8. The predicted octanol–water partition coefficient (Wildman–Crippen LogP) is 36.5. The van der Waals surface area contributed by atoms with Crippen LogP contribution in [0.15, 0.2) is 442 Å². The van der Waals surface area contributed by atoms with Crippen molar-refractivity contribution in [1.82, 2.24) is 39.9 Å². The molecular weight excluding hydrogens is 1860 g/mol. The molecule has 17 heteroatoms. The fourth-order valence-electron chi connectivity index (χ4n) is 22.8. The van der Waals surface area contributed by atoms with E-state index in [4.69, 9.17) is 76.5 Å². The molecule has 4 aliphatic heterocycles. The third-order valence-electron chi connectivity index (χ3n) is 29.4. The minimum Gasteiger partial charge on any atom is -0.456 e. The third kappa shape index (κ3) is 12.8. The van der Waals surface area contributed by atoms with Crippen molar-refractivity contribution < 1.29 is 36.6 Å². The Morgan fingerprint density at radius 1 is 0.174 bits per heavy atom. The summed E-state index contributed by atoms with van der Waals surface area (Å²) in [5.41, 5.74) is 27.0. The highest BCUT2D eigenvalue weighted by Gasteiger charge is 2.34. The Kier molecular flexibility index (Phi) is 17.8. The summed E-state index contributed by atoms with van der Waals surface area (Å²) >= 11 is 1.74. The van der Waals surface area contributed by atoms with Crippen molar-refractivity contribution in [3.63, 3.8) is 0 Å². The molecule has 149 heavy (non-hydrogen) atoms. The molecule has 0 amide bonds. The van der Waals surface area contributed by atoms with E-state index in [9.17, 15) is 0 Å². The molecule has 0 radical (unpaired) electrons. The summed E-state index contributed by atoms with van der Waals surface area (Å²) in [7, 11) is 0. The molecule has 692 valence electrons. The Hall–Kier alpha value is -20.1. The topological polar surface area (TPSA) is 193 Å². The average molecular weight is 1930 g/mol. The van der Waals surface area contributed by atoms with Crippen molar-refractivity contribution in [2.45, 2.75) is 0 Å². The molecular formula is C132H70N8O8S. The fourth-order valence-corrected chi connectivity index (χ4v) is 23.9. The maximum Gasteiger partial charge on any atom is 0.164 e. The van der Waals surface area contributed by atoms with E-state index in [0.29, 0.717) is 11.6 Å². The van der Waals surface area contributed by atoms with Gasteiger partial charge in [0.15, 0.2) is 11.6 Å². The third-order valence-corrected chi connectivity index (χ3v) is 30.5. The minimum atomic E-state index is 0.633. The summed E-state index contributed by atoms with van der Waals surface area (Å²) in [6.07, 6.45) is 0. The van der Waals surface area contributed by atoms with Crippen LogP contribution in [0, 0.1) is 0 Å². The number of benzene rings is 22. The van der Waals surface area contributed by atoms with Gasteiger partial charge in [0.25, 0.3) is 0 Å². The van der Waals surface area contributed by atoms with Gasteiger partial charge in [-0.2, -0.15) is 0 Å². The molecule has 0 saturated carbocycles. The lowest BCUT2D eigenvalue weighted by Crippen LogP contribution is -1.98. The lowest BCUT2D eigenvalue weighted by atomic mass is 9.93. The van der Waals surface area contributed by atoms with Crippen LogP contribution in [0.4, 0.5) is 0 Å². The van der Waals surface area contributed by atoms with Crippen molar-refractivity contribution >= 4 is 206 Å². The number of furan rings is 4. The van der Waals surface area contributed by atoms with Crippen molar-refractivity contribution in [2.75, 3.05) is 0 Å². The Balaban J connectivity index is 0.0000000880. The van der Waals surface area contributed by atoms with Gasteiger partial charge in [-0.1, -0.05) is 285 Å². The van der Waals surface area contributed by atoms with Crippen LogP contribution in [0.1, 0.15) is 0 Å². The SMILES string of the molecule is c1ccc(-c2cccc(-c3nc4ccccc4nc3-c3cc4oc5cccc6c5c4c4c(cccc34)O6)c2)cc1.c1ccc(-c2nc(-c3cc4cccc5c4c4c3oc3cccc(c34)O5)nc3c2sc2ccccc23)cc1.c1ccc(-c2nc(-c3ccc4c5c3oc3ccc6cccc(c6c35)O4)nc3c2ccc2ccccc23)cc1.c1ccc(-c2nc3ccccc3nc2-c2cc3c4c(c2)oc2ccc5cccc(c5c24)O3)cc1. The van der Waals surface area contributed by atoms with Gasteiger partial charge >= 0.3 is 0 Å². The van der Waals surface area contributed by atoms with Crippen molar-refractivity contribution in [2.24, 2.45) is 0 Å². The van der Waals surface area contributed by atoms with Crippen LogP contribution >= 0.6 is 11.3 Å². The normalized spacial score (nSPS) is 12.4. The first-order valence-corrected chi connectivity index (χ1v) is 50.3. The zero-order valence-electron chi connectivity index (χ0n) is 78.7. The highest BCUT2D eigenvalue weighted by Crippen LogP contribution is 2.58. The second kappa shape index (κ2) is 32.2. The first-order valence-electron chi connectivity index (χ1n) is 49.4. The molecule has 0 fully saturated rings. The van der Waals surface area contributed by atoms with Crippen LogP contribution in [0.2, 0.25) is 0 Å². The average Bonchev–Trinajstić information content (AvgIpc) is 1.53. The van der Waals surface area contributed by atoms with Gasteiger partial charge in [0.05, 0.1) is 105 Å². The van der Waals surface area contributed by atoms with Crippen molar-refractivity contribution in [1.29, 1.82) is 0 Å². The van der Waals surface area contributed by atoms with Gasteiger partial charge in [0, 0.05) is 97.3 Å². The van der Waals surface area contributed by atoms with Gasteiger partial charge in [-0.3, -0.25) is 0 Å². The van der Waals surface area contributed by atoms with E-state index in [-0.39, 0.29) is 0 Å². The highest BCUT2D eigenvalue weighted by atomic mass is 32.1. The van der Waals surface area contributed by atoms with Crippen LogP contribution < -0.4 is 18.9 Å². The molecule has 0 spiro atoms. The van der Waals surface area contributed by atoms with Crippen LogP contribution in [0.3, 0.4) is 0 Å². The minimum absolute atomic E-state index is 0.633. The molecule has 9 aromatic heterocycles. The number of thiophene rings is 1. The lowest BCUT2D eigenvalue weighted by Gasteiger charge is -2.18. The molecule has 0 atom stereocenters. The van der Waals surface area contributed by atoms with Crippen molar-refractivity contribution in [3.8, 4) is 147 Å². The van der Waals surface area contributed by atoms with Crippen LogP contribution in [0.25, 0.3) is 296 Å². The number of aromatic nitrogens is 8. The summed E-state index contributed by atoms with van der Waals surface area (Å²) in [5, 5.41) is 21.5. The Labute approximate surface area is 848 Å². The largest absolute Gasteiger partial charge is 0.456 e. The molecule has 35 rings (SSSR count). The number of ether oxygens (including phenoxy) is 4. The van der Waals surface area contributed by atoms with Gasteiger partial charge in [-0.15, -0.1) is 11.3 Å². The maximum atomic E-state index is 6.55. The molecule has 16 nitrogen and oxygen atoms in total. The molecule has 0 unspecified atom stereocenters. The maximum absolute atomic E-state index is 6.55. The molecule has 0 aliphatic carbocycles. The highest BCUT2D eigenvalue weighted by molar-refractivity contribution is 7.26. The number of para-hydroxylation sites is 4. The number of hydrogen-bond donors (Lipinski definition) is 0. The Morgan fingerprint density at radius 3 is 1.27 bits per heavy atom. The van der Waals surface area contributed by atoms with Gasteiger partial charge in [-0.05, 0) is 178 Å². The fraction of sp³-hybridized carbons (Fsp3) is 0. The molecule has 13 heterocycles. The summed E-state index contributed by atoms with van der Waals surface area (Å²) < 4.78 is 53.6. The van der Waals surface area contributed by atoms with E-state index in [1.807, 2.05) is 206 Å².